The molecule has 4 rings (SSSR count). The molecule has 0 bridgehead atoms. The predicted molar refractivity (Wildman–Crippen MR) is 97.8 cm³/mol. The van der Waals surface area contributed by atoms with Gasteiger partial charge in [0, 0.05) is 6.54 Å². The summed E-state index contributed by atoms with van der Waals surface area (Å²) in [5, 5.41) is 11.2. The maximum atomic E-state index is 12.6. The largest absolute Gasteiger partial charge is 0.497 e. The molecule has 0 spiro atoms. The van der Waals surface area contributed by atoms with Crippen LogP contribution < -0.4 is 15.8 Å². The van der Waals surface area contributed by atoms with Crippen LogP contribution in [0.3, 0.4) is 0 Å². The molecule has 0 saturated carbocycles. The van der Waals surface area contributed by atoms with Crippen molar-refractivity contribution < 1.29 is 9.53 Å². The van der Waals surface area contributed by atoms with Crippen LogP contribution in [-0.2, 0) is 6.54 Å². The van der Waals surface area contributed by atoms with Crippen LogP contribution >= 0.6 is 11.3 Å². The van der Waals surface area contributed by atoms with Crippen LogP contribution in [0.1, 0.15) is 16.1 Å². The molecule has 0 aliphatic rings. The average Bonchev–Trinajstić information content (AvgIpc) is 3.22. The zero-order valence-electron chi connectivity index (χ0n) is 13.4. The Morgan fingerprint density at radius 1 is 1.28 bits per heavy atom. The quantitative estimate of drug-likeness (QED) is 0.523. The number of carbonyl (C=O) groups is 1. The summed E-state index contributed by atoms with van der Waals surface area (Å²) in [5.74, 6) is 0.528. The molecule has 0 atom stereocenters. The van der Waals surface area contributed by atoms with Gasteiger partial charge in [0.25, 0.3) is 5.91 Å². The van der Waals surface area contributed by atoms with Crippen LogP contribution in [0.4, 0.5) is 5.13 Å². The van der Waals surface area contributed by atoms with E-state index in [0.29, 0.717) is 17.4 Å². The third-order valence-corrected chi connectivity index (χ3v) is 4.84. The van der Waals surface area contributed by atoms with Gasteiger partial charge in [0.1, 0.15) is 5.75 Å². The Labute approximate surface area is 146 Å². The number of nitrogens with zero attached hydrogens (tertiary/aromatic N) is 2. The van der Waals surface area contributed by atoms with Crippen molar-refractivity contribution in [3.63, 3.8) is 0 Å². The first-order valence-corrected chi connectivity index (χ1v) is 8.41. The first kappa shape index (κ1) is 15.4. The minimum absolute atomic E-state index is 0.249. The number of H-pyrrole nitrogens is 1. The number of fused-ring (bicyclic) bond motifs is 3. The summed E-state index contributed by atoms with van der Waals surface area (Å²) in [6, 6.07) is 11.2. The van der Waals surface area contributed by atoms with E-state index >= 15 is 0 Å². The Bertz CT molecular complexity index is 1070. The predicted octanol–water partition coefficient (Wildman–Crippen LogP) is 2.69. The van der Waals surface area contributed by atoms with Gasteiger partial charge in [-0.3, -0.25) is 9.89 Å². The number of thiazole rings is 1. The third kappa shape index (κ3) is 2.76. The highest BCUT2D eigenvalue weighted by atomic mass is 32.1. The Hall–Kier alpha value is -3.13. The lowest BCUT2D eigenvalue weighted by molar-refractivity contribution is 0.0947. The zero-order chi connectivity index (χ0) is 17.4. The first-order chi connectivity index (χ1) is 12.2. The van der Waals surface area contributed by atoms with Crippen LogP contribution in [0.25, 0.3) is 21.1 Å². The molecule has 2 aromatic carbocycles. The van der Waals surface area contributed by atoms with E-state index in [1.807, 2.05) is 36.4 Å². The molecule has 0 fully saturated rings. The Balaban J connectivity index is 1.62. The van der Waals surface area contributed by atoms with Gasteiger partial charge < -0.3 is 15.8 Å². The van der Waals surface area contributed by atoms with Gasteiger partial charge in [-0.15, -0.1) is 0 Å². The van der Waals surface area contributed by atoms with E-state index in [1.165, 1.54) is 11.3 Å². The molecule has 0 aliphatic heterocycles. The molecule has 1 amide bonds. The van der Waals surface area contributed by atoms with Crippen LogP contribution in [0, 0.1) is 0 Å². The van der Waals surface area contributed by atoms with Gasteiger partial charge in [0.05, 0.1) is 28.2 Å². The normalized spacial score (nSPS) is 11.1. The van der Waals surface area contributed by atoms with Crippen molar-refractivity contribution in [1.82, 2.24) is 20.5 Å². The molecule has 7 nitrogen and oxygen atoms in total. The topological polar surface area (TPSA) is 106 Å². The van der Waals surface area contributed by atoms with Crippen molar-refractivity contribution in [2.75, 3.05) is 12.8 Å². The highest BCUT2D eigenvalue weighted by molar-refractivity contribution is 7.23. The molecule has 2 heterocycles. The number of methoxy groups -OCH3 is 1. The van der Waals surface area contributed by atoms with Crippen molar-refractivity contribution in [1.29, 1.82) is 0 Å². The van der Waals surface area contributed by atoms with Crippen molar-refractivity contribution in [2.24, 2.45) is 0 Å². The van der Waals surface area contributed by atoms with Crippen LogP contribution in [0.15, 0.2) is 36.4 Å². The van der Waals surface area contributed by atoms with Crippen LogP contribution in [-0.4, -0.2) is 28.2 Å². The first-order valence-electron chi connectivity index (χ1n) is 7.60. The highest BCUT2D eigenvalue weighted by Gasteiger charge is 2.18. The fourth-order valence-corrected chi connectivity index (χ4v) is 3.56. The number of nitrogen functional groups attached to an aromatic ring is 1. The smallest absolute Gasteiger partial charge is 0.272 e. The molecule has 2 aromatic heterocycles. The summed E-state index contributed by atoms with van der Waals surface area (Å²) in [7, 11) is 1.62. The standard InChI is InChI=1S/C17H15N5O2S/c1-24-10-4-2-9(3-5-10)8-19-16(23)14-13-11(21-22-14)6-7-12-15(13)25-17(18)20-12/h2-7H,8H2,1H3,(H2,18,20)(H,19,23)(H,21,22). The number of carbonyl (C=O) groups excluding carboxylic acids is 1. The van der Waals surface area contributed by atoms with Crippen LogP contribution in [0.5, 0.6) is 5.75 Å². The van der Waals surface area contributed by atoms with E-state index in [-0.39, 0.29) is 5.91 Å². The number of amides is 1. The highest BCUT2D eigenvalue weighted by Crippen LogP contribution is 2.32. The number of nitrogens with one attached hydrogen (secondary N) is 2. The number of nitrogens with two attached hydrogens (primary N) is 1. The minimum atomic E-state index is -0.249. The van der Waals surface area contributed by atoms with Gasteiger partial charge in [0.15, 0.2) is 10.8 Å². The minimum Gasteiger partial charge on any atom is -0.497 e. The van der Waals surface area contributed by atoms with Crippen molar-refractivity contribution in [3.8, 4) is 5.75 Å². The van der Waals surface area contributed by atoms with Crippen molar-refractivity contribution in [2.45, 2.75) is 6.54 Å². The second kappa shape index (κ2) is 6.06. The maximum absolute atomic E-state index is 12.6. The van der Waals surface area contributed by atoms with E-state index in [4.69, 9.17) is 10.5 Å². The monoisotopic (exact) mass is 353 g/mol. The molecule has 0 unspecified atom stereocenters. The molecule has 0 radical (unpaired) electrons. The molecule has 25 heavy (non-hydrogen) atoms. The maximum Gasteiger partial charge on any atom is 0.272 e. The van der Waals surface area contributed by atoms with Gasteiger partial charge in [-0.2, -0.15) is 5.10 Å². The second-order valence-electron chi connectivity index (χ2n) is 5.49. The lowest BCUT2D eigenvalue weighted by Crippen LogP contribution is -2.23. The number of anilines is 1. The van der Waals surface area contributed by atoms with E-state index < -0.39 is 0 Å². The van der Waals surface area contributed by atoms with Crippen molar-refractivity contribution in [3.05, 3.63) is 47.7 Å². The summed E-state index contributed by atoms with van der Waals surface area (Å²) in [6.07, 6.45) is 0. The summed E-state index contributed by atoms with van der Waals surface area (Å²) < 4.78 is 5.99. The zero-order valence-corrected chi connectivity index (χ0v) is 14.2. The molecule has 0 aliphatic carbocycles. The molecule has 8 heteroatoms. The fourth-order valence-electron chi connectivity index (χ4n) is 2.68. The lowest BCUT2D eigenvalue weighted by atomic mass is 10.1. The van der Waals surface area contributed by atoms with Gasteiger partial charge in [-0.1, -0.05) is 23.5 Å². The molecular formula is C17H15N5O2S. The SMILES string of the molecule is COc1ccc(CNC(=O)c2n[nH]c3ccc4nc(N)sc4c23)cc1. The van der Waals surface area contributed by atoms with Gasteiger partial charge in [-0.05, 0) is 29.8 Å². The number of ether oxygens (including phenoxy) is 1. The second-order valence-corrected chi connectivity index (χ2v) is 6.52. The third-order valence-electron chi connectivity index (χ3n) is 3.93. The molecular weight excluding hydrogens is 338 g/mol. The van der Waals surface area contributed by atoms with Crippen molar-refractivity contribution >= 4 is 43.5 Å². The molecule has 126 valence electrons. The van der Waals surface area contributed by atoms with Gasteiger partial charge in [-0.25, -0.2) is 4.98 Å². The van der Waals surface area contributed by atoms with E-state index in [2.05, 4.69) is 20.5 Å². The number of aromatic amines is 1. The summed E-state index contributed by atoms with van der Waals surface area (Å²) in [6.45, 7) is 0.401. The number of hydrogen-bond donors (Lipinski definition) is 3. The summed E-state index contributed by atoms with van der Waals surface area (Å²) in [4.78, 5) is 16.9. The van der Waals surface area contributed by atoms with Gasteiger partial charge >= 0.3 is 0 Å². The van der Waals surface area contributed by atoms with Gasteiger partial charge in [0.2, 0.25) is 0 Å². The molecule has 4 aromatic rings. The Morgan fingerprint density at radius 3 is 2.84 bits per heavy atom. The fraction of sp³-hybridized carbons (Fsp3) is 0.118. The number of rotatable bonds is 4. The van der Waals surface area contributed by atoms with Crippen LogP contribution in [0.2, 0.25) is 0 Å². The number of aromatic nitrogens is 3. The summed E-state index contributed by atoms with van der Waals surface area (Å²) in [5.41, 5.74) is 8.67. The molecule has 4 N–H and O–H groups in total. The Kier molecular flexibility index (Phi) is 3.73. The summed E-state index contributed by atoms with van der Waals surface area (Å²) >= 11 is 1.35. The average molecular weight is 353 g/mol. The molecule has 0 saturated heterocycles. The lowest BCUT2D eigenvalue weighted by Gasteiger charge is -2.05. The van der Waals surface area contributed by atoms with E-state index in [9.17, 15) is 4.79 Å². The van der Waals surface area contributed by atoms with E-state index in [0.717, 1.165) is 32.4 Å². The number of hydrogen-bond acceptors (Lipinski definition) is 6. The number of benzene rings is 2. The van der Waals surface area contributed by atoms with E-state index in [1.54, 1.807) is 7.11 Å². The Morgan fingerprint density at radius 2 is 2.08 bits per heavy atom.